The van der Waals surface area contributed by atoms with Crippen LogP contribution >= 0.6 is 15.9 Å². The molecule has 2 rings (SSSR count). The van der Waals surface area contributed by atoms with Crippen LogP contribution < -0.4 is 0 Å². The summed E-state index contributed by atoms with van der Waals surface area (Å²) < 4.78 is 13.3. The molecule has 0 aliphatic carbocycles. The molecule has 0 saturated heterocycles. The largest absolute Gasteiger partial charge is 0.478 e. The lowest BCUT2D eigenvalue weighted by Crippen LogP contribution is -1.98. The fourth-order valence-corrected chi connectivity index (χ4v) is 1.61. The normalized spacial score (nSPS) is 10.7. The monoisotopic (exact) mass is 258 g/mol. The minimum absolute atomic E-state index is 0.151. The number of nitrogens with one attached hydrogen (secondary N) is 1. The first-order valence-electron chi connectivity index (χ1n) is 3.66. The average molecular weight is 259 g/mol. The van der Waals surface area contributed by atoms with Crippen LogP contribution in [-0.2, 0) is 0 Å². The summed E-state index contributed by atoms with van der Waals surface area (Å²) in [5.41, 5.74) is 0.446. The van der Waals surface area contributed by atoms with Gasteiger partial charge in [0.05, 0.1) is 11.1 Å². The van der Waals surface area contributed by atoms with Gasteiger partial charge in [0, 0.05) is 0 Å². The van der Waals surface area contributed by atoms with Crippen LogP contribution in [0.25, 0.3) is 11.0 Å². The molecule has 4 nitrogen and oxygen atoms in total. The van der Waals surface area contributed by atoms with Crippen molar-refractivity contribution >= 4 is 32.9 Å². The molecule has 0 fully saturated rings. The molecule has 2 aromatic rings. The molecule has 0 unspecified atom stereocenters. The molecule has 0 bridgehead atoms. The van der Waals surface area contributed by atoms with Crippen LogP contribution in [0.3, 0.4) is 0 Å². The number of rotatable bonds is 1. The highest BCUT2D eigenvalue weighted by Gasteiger charge is 2.13. The van der Waals surface area contributed by atoms with Crippen molar-refractivity contribution in [3.05, 3.63) is 28.2 Å². The van der Waals surface area contributed by atoms with Crippen molar-refractivity contribution in [3.63, 3.8) is 0 Å². The number of fused-ring (bicyclic) bond motifs is 1. The molecule has 72 valence electrons. The maximum absolute atomic E-state index is 12.9. The molecule has 2 N–H and O–H groups in total. The fourth-order valence-electron chi connectivity index (χ4n) is 1.22. The maximum atomic E-state index is 12.9. The van der Waals surface area contributed by atoms with Crippen molar-refractivity contribution in [1.82, 2.24) is 9.97 Å². The van der Waals surface area contributed by atoms with E-state index in [-0.39, 0.29) is 11.1 Å². The molecule has 6 heteroatoms. The molecular formula is C8H4BrFN2O2. The lowest BCUT2D eigenvalue weighted by Gasteiger charge is -1.95. The predicted octanol–water partition coefficient (Wildman–Crippen LogP) is 2.16. The Morgan fingerprint density at radius 2 is 2.29 bits per heavy atom. The first-order valence-corrected chi connectivity index (χ1v) is 4.45. The summed E-state index contributed by atoms with van der Waals surface area (Å²) in [6.45, 7) is 0. The molecular weight excluding hydrogens is 255 g/mol. The number of aromatic carboxylic acids is 1. The lowest BCUT2D eigenvalue weighted by molar-refractivity contribution is 0.0698. The number of hydrogen-bond donors (Lipinski definition) is 2. The molecule has 0 spiro atoms. The van der Waals surface area contributed by atoms with Gasteiger partial charge in [-0.1, -0.05) is 0 Å². The molecule has 1 aromatic heterocycles. The summed E-state index contributed by atoms with van der Waals surface area (Å²) in [5.74, 6) is -1.81. The standard InChI is InChI=1S/C8H4BrFN2O2/c9-8-11-5-2-3(10)1-4(7(13)14)6(5)12-8/h1-2H,(H,11,12)(H,13,14). The number of aromatic nitrogens is 2. The van der Waals surface area contributed by atoms with Gasteiger partial charge in [-0.25, -0.2) is 14.2 Å². The summed E-state index contributed by atoms with van der Waals surface area (Å²) in [6.07, 6.45) is 0. The van der Waals surface area contributed by atoms with Gasteiger partial charge >= 0.3 is 5.97 Å². The first kappa shape index (κ1) is 9.14. The number of halogens is 2. The maximum Gasteiger partial charge on any atom is 0.338 e. The number of carboxylic acid groups (broad SMARTS) is 1. The van der Waals surface area contributed by atoms with Crippen LogP contribution in [0.15, 0.2) is 16.9 Å². The number of hydrogen-bond acceptors (Lipinski definition) is 2. The third kappa shape index (κ3) is 1.37. The zero-order valence-corrected chi connectivity index (χ0v) is 8.30. The van der Waals surface area contributed by atoms with Crippen LogP contribution in [0.1, 0.15) is 10.4 Å². The fraction of sp³-hybridized carbons (Fsp3) is 0. The van der Waals surface area contributed by atoms with E-state index in [1.807, 2.05) is 0 Å². The zero-order valence-electron chi connectivity index (χ0n) is 6.71. The molecule has 0 amide bonds. The van der Waals surface area contributed by atoms with E-state index in [1.54, 1.807) is 0 Å². The number of aromatic amines is 1. The minimum atomic E-state index is -1.20. The third-order valence-electron chi connectivity index (χ3n) is 1.75. The molecule has 14 heavy (non-hydrogen) atoms. The van der Waals surface area contributed by atoms with E-state index in [0.717, 1.165) is 6.07 Å². The summed E-state index contributed by atoms with van der Waals surface area (Å²) >= 11 is 3.05. The molecule has 1 heterocycles. The van der Waals surface area contributed by atoms with Gasteiger partial charge in [0.25, 0.3) is 0 Å². The van der Waals surface area contributed by atoms with Gasteiger partial charge < -0.3 is 10.1 Å². The zero-order chi connectivity index (χ0) is 10.3. The van der Waals surface area contributed by atoms with Gasteiger partial charge in [-0.05, 0) is 28.1 Å². The summed E-state index contributed by atoms with van der Waals surface area (Å²) in [5, 5.41) is 8.78. The number of nitrogens with zero attached hydrogens (tertiary/aromatic N) is 1. The number of carboxylic acids is 1. The predicted molar refractivity (Wildman–Crippen MR) is 50.7 cm³/mol. The summed E-state index contributed by atoms with van der Waals surface area (Å²) in [6, 6.07) is 2.14. The van der Waals surface area contributed by atoms with E-state index in [2.05, 4.69) is 25.9 Å². The van der Waals surface area contributed by atoms with E-state index >= 15 is 0 Å². The highest BCUT2D eigenvalue weighted by atomic mass is 79.9. The topological polar surface area (TPSA) is 66.0 Å². The molecule has 0 radical (unpaired) electrons. The van der Waals surface area contributed by atoms with Crippen molar-refractivity contribution < 1.29 is 14.3 Å². The van der Waals surface area contributed by atoms with E-state index in [9.17, 15) is 9.18 Å². The summed E-state index contributed by atoms with van der Waals surface area (Å²) in [7, 11) is 0. The molecule has 0 aliphatic rings. The van der Waals surface area contributed by atoms with Gasteiger partial charge in [-0.3, -0.25) is 0 Å². The van der Waals surface area contributed by atoms with Crippen LogP contribution in [0.5, 0.6) is 0 Å². The quantitative estimate of drug-likeness (QED) is 0.824. The van der Waals surface area contributed by atoms with Crippen molar-refractivity contribution in [2.24, 2.45) is 0 Å². The Bertz CT molecular complexity index is 523. The second-order valence-electron chi connectivity index (χ2n) is 2.68. The molecule has 1 aromatic carbocycles. The Balaban J connectivity index is 2.85. The number of H-pyrrole nitrogens is 1. The van der Waals surface area contributed by atoms with Gasteiger partial charge in [0.1, 0.15) is 11.3 Å². The Hall–Kier alpha value is -1.43. The Morgan fingerprint density at radius 1 is 1.57 bits per heavy atom. The third-order valence-corrected chi connectivity index (χ3v) is 2.13. The van der Waals surface area contributed by atoms with Crippen molar-refractivity contribution in [3.8, 4) is 0 Å². The van der Waals surface area contributed by atoms with Gasteiger partial charge in [-0.15, -0.1) is 0 Å². The summed E-state index contributed by atoms with van der Waals surface area (Å²) in [4.78, 5) is 17.3. The molecule has 0 atom stereocenters. The lowest BCUT2D eigenvalue weighted by atomic mass is 10.2. The van der Waals surface area contributed by atoms with E-state index in [0.29, 0.717) is 10.3 Å². The van der Waals surface area contributed by atoms with E-state index in [4.69, 9.17) is 5.11 Å². The number of carbonyl (C=O) groups is 1. The SMILES string of the molecule is O=C(O)c1cc(F)cc2[nH]c(Br)nc12. The van der Waals surface area contributed by atoms with Crippen molar-refractivity contribution in [2.75, 3.05) is 0 Å². The van der Waals surface area contributed by atoms with E-state index in [1.165, 1.54) is 6.07 Å². The van der Waals surface area contributed by atoms with Crippen LogP contribution in [0.4, 0.5) is 4.39 Å². The van der Waals surface area contributed by atoms with Crippen LogP contribution in [0.2, 0.25) is 0 Å². The number of imidazole rings is 1. The number of benzene rings is 1. The Kier molecular flexibility index (Phi) is 1.99. The Morgan fingerprint density at radius 3 is 2.93 bits per heavy atom. The minimum Gasteiger partial charge on any atom is -0.478 e. The average Bonchev–Trinajstić information content (AvgIpc) is 2.42. The van der Waals surface area contributed by atoms with Gasteiger partial charge in [0.2, 0.25) is 0 Å². The highest BCUT2D eigenvalue weighted by molar-refractivity contribution is 9.10. The van der Waals surface area contributed by atoms with Crippen molar-refractivity contribution in [2.45, 2.75) is 0 Å². The van der Waals surface area contributed by atoms with Crippen molar-refractivity contribution in [1.29, 1.82) is 0 Å². The van der Waals surface area contributed by atoms with Crippen LogP contribution in [0, 0.1) is 5.82 Å². The highest BCUT2D eigenvalue weighted by Crippen LogP contribution is 2.20. The first-order chi connectivity index (χ1) is 6.58. The van der Waals surface area contributed by atoms with Gasteiger partial charge in [-0.2, -0.15) is 0 Å². The second-order valence-corrected chi connectivity index (χ2v) is 3.43. The Labute approximate surface area is 85.9 Å². The molecule has 0 aliphatic heterocycles. The van der Waals surface area contributed by atoms with Gasteiger partial charge in [0.15, 0.2) is 4.73 Å². The smallest absolute Gasteiger partial charge is 0.338 e. The second kappa shape index (κ2) is 3.06. The molecule has 0 saturated carbocycles. The van der Waals surface area contributed by atoms with E-state index < -0.39 is 11.8 Å². The van der Waals surface area contributed by atoms with Crippen LogP contribution in [-0.4, -0.2) is 21.0 Å².